The molecule has 27 heavy (non-hydrogen) atoms. The summed E-state index contributed by atoms with van der Waals surface area (Å²) in [4.78, 5) is 41.1. The van der Waals surface area contributed by atoms with Gasteiger partial charge in [0, 0.05) is 51.8 Å². The highest BCUT2D eigenvalue weighted by atomic mass is 16.6. The van der Waals surface area contributed by atoms with E-state index >= 15 is 0 Å². The molecule has 8 nitrogen and oxygen atoms in total. The largest absolute Gasteiger partial charge is 0.497 e. The molecule has 1 saturated heterocycles. The van der Waals surface area contributed by atoms with Gasteiger partial charge in [0.2, 0.25) is 11.8 Å². The van der Waals surface area contributed by atoms with Gasteiger partial charge in [0.25, 0.3) is 0 Å². The Bertz CT molecular complexity index is 654. The second-order valence-electron chi connectivity index (χ2n) is 6.19. The minimum atomic E-state index is -0.341. The zero-order chi connectivity index (χ0) is 19.8. The Balaban J connectivity index is 1.87. The van der Waals surface area contributed by atoms with Crippen molar-refractivity contribution in [3.63, 3.8) is 0 Å². The molecule has 8 heteroatoms. The molecule has 1 fully saturated rings. The van der Waals surface area contributed by atoms with Crippen LogP contribution in [0, 0.1) is 0 Å². The fraction of sp³-hybridized carbons (Fsp3) is 0.526. The average molecular weight is 377 g/mol. The molecule has 0 N–H and O–H groups in total. The van der Waals surface area contributed by atoms with E-state index in [9.17, 15) is 14.4 Å². The number of amides is 3. The molecule has 0 aliphatic carbocycles. The molecule has 1 aromatic carbocycles. The molecule has 1 aliphatic heterocycles. The SMILES string of the molecule is CCOC(=O)N1CCN(C(=O)CCN(C(C)=O)c2ccc(OC)cc2)CC1. The first-order chi connectivity index (χ1) is 13.0. The summed E-state index contributed by atoms with van der Waals surface area (Å²) in [5.74, 6) is 0.552. The summed E-state index contributed by atoms with van der Waals surface area (Å²) in [5.41, 5.74) is 0.725. The highest BCUT2D eigenvalue weighted by molar-refractivity contribution is 5.92. The van der Waals surface area contributed by atoms with E-state index in [2.05, 4.69) is 0 Å². The first-order valence-electron chi connectivity index (χ1n) is 9.08. The number of methoxy groups -OCH3 is 1. The first kappa shape index (κ1) is 20.5. The van der Waals surface area contributed by atoms with Gasteiger partial charge < -0.3 is 24.2 Å². The summed E-state index contributed by atoms with van der Waals surface area (Å²) in [7, 11) is 1.58. The Labute approximate surface area is 159 Å². The van der Waals surface area contributed by atoms with Crippen molar-refractivity contribution in [3.05, 3.63) is 24.3 Å². The van der Waals surface area contributed by atoms with Crippen LogP contribution in [-0.4, -0.2) is 74.1 Å². The first-order valence-corrected chi connectivity index (χ1v) is 9.08. The normalized spacial score (nSPS) is 13.9. The summed E-state index contributed by atoms with van der Waals surface area (Å²) < 4.78 is 10.1. The molecule has 1 aliphatic rings. The van der Waals surface area contributed by atoms with Crippen LogP contribution in [0.25, 0.3) is 0 Å². The number of anilines is 1. The van der Waals surface area contributed by atoms with Gasteiger partial charge in [-0.3, -0.25) is 9.59 Å². The average Bonchev–Trinajstić information content (AvgIpc) is 2.68. The summed E-state index contributed by atoms with van der Waals surface area (Å²) in [6.45, 7) is 5.75. The Morgan fingerprint density at radius 2 is 1.63 bits per heavy atom. The number of ether oxygens (including phenoxy) is 2. The van der Waals surface area contributed by atoms with Crippen molar-refractivity contribution in [2.75, 3.05) is 51.3 Å². The second-order valence-corrected chi connectivity index (χ2v) is 6.19. The van der Waals surface area contributed by atoms with Crippen molar-refractivity contribution in [3.8, 4) is 5.75 Å². The van der Waals surface area contributed by atoms with Gasteiger partial charge in [0.05, 0.1) is 13.7 Å². The summed E-state index contributed by atoms with van der Waals surface area (Å²) in [5, 5.41) is 0. The second kappa shape index (κ2) is 9.80. The van der Waals surface area contributed by atoms with Gasteiger partial charge in [-0.05, 0) is 31.2 Å². The molecule has 3 amide bonds. The summed E-state index contributed by atoms with van der Waals surface area (Å²) in [6.07, 6.45) is -0.114. The minimum Gasteiger partial charge on any atom is -0.497 e. The smallest absolute Gasteiger partial charge is 0.409 e. The van der Waals surface area contributed by atoms with E-state index in [0.717, 1.165) is 5.69 Å². The lowest BCUT2D eigenvalue weighted by Gasteiger charge is -2.34. The van der Waals surface area contributed by atoms with Crippen molar-refractivity contribution in [1.29, 1.82) is 0 Å². The molecule has 0 unspecified atom stereocenters. The third kappa shape index (κ3) is 5.60. The van der Waals surface area contributed by atoms with Crippen LogP contribution in [0.5, 0.6) is 5.75 Å². The van der Waals surface area contributed by atoms with Crippen molar-refractivity contribution in [2.24, 2.45) is 0 Å². The Morgan fingerprint density at radius 3 is 2.15 bits per heavy atom. The summed E-state index contributed by atoms with van der Waals surface area (Å²) >= 11 is 0. The number of nitrogens with zero attached hydrogens (tertiary/aromatic N) is 3. The maximum atomic E-state index is 12.5. The van der Waals surface area contributed by atoms with Gasteiger partial charge in [0.15, 0.2) is 0 Å². The van der Waals surface area contributed by atoms with E-state index in [4.69, 9.17) is 9.47 Å². The van der Waals surface area contributed by atoms with Gasteiger partial charge in [-0.1, -0.05) is 0 Å². The number of benzene rings is 1. The third-order valence-electron chi connectivity index (χ3n) is 4.47. The van der Waals surface area contributed by atoms with E-state index in [1.165, 1.54) is 6.92 Å². The van der Waals surface area contributed by atoms with Crippen LogP contribution >= 0.6 is 0 Å². The zero-order valence-corrected chi connectivity index (χ0v) is 16.1. The van der Waals surface area contributed by atoms with Gasteiger partial charge in [0.1, 0.15) is 5.75 Å². The van der Waals surface area contributed by atoms with Crippen molar-refractivity contribution in [1.82, 2.24) is 9.80 Å². The molecule has 1 heterocycles. The highest BCUT2D eigenvalue weighted by Gasteiger charge is 2.25. The van der Waals surface area contributed by atoms with Crippen LogP contribution in [0.15, 0.2) is 24.3 Å². The monoisotopic (exact) mass is 377 g/mol. The van der Waals surface area contributed by atoms with Gasteiger partial charge in [-0.25, -0.2) is 4.79 Å². The number of carbonyl (C=O) groups excluding carboxylic acids is 3. The van der Waals surface area contributed by atoms with Crippen LogP contribution < -0.4 is 9.64 Å². The van der Waals surface area contributed by atoms with Crippen LogP contribution in [0.4, 0.5) is 10.5 Å². The lowest BCUT2D eigenvalue weighted by Crippen LogP contribution is -2.51. The van der Waals surface area contributed by atoms with Crippen LogP contribution in [0.3, 0.4) is 0 Å². The Hall–Kier alpha value is -2.77. The molecule has 0 spiro atoms. The molecule has 2 rings (SSSR count). The lowest BCUT2D eigenvalue weighted by atomic mass is 10.2. The molecule has 1 aromatic rings. The van der Waals surface area contributed by atoms with E-state index in [-0.39, 0.29) is 24.3 Å². The lowest BCUT2D eigenvalue weighted by molar-refractivity contribution is -0.132. The highest BCUT2D eigenvalue weighted by Crippen LogP contribution is 2.20. The predicted molar refractivity (Wildman–Crippen MR) is 101 cm³/mol. The van der Waals surface area contributed by atoms with Gasteiger partial charge in [-0.15, -0.1) is 0 Å². The summed E-state index contributed by atoms with van der Waals surface area (Å²) in [6, 6.07) is 7.15. The fourth-order valence-corrected chi connectivity index (χ4v) is 2.95. The molecule has 0 saturated carbocycles. The number of rotatable bonds is 6. The standard InChI is InChI=1S/C19H27N3O5/c1-4-27-19(25)21-13-11-20(12-14-21)18(24)9-10-22(15(2)23)16-5-7-17(26-3)8-6-16/h5-8H,4,9-14H2,1-3H3. The molecule has 0 bridgehead atoms. The Morgan fingerprint density at radius 1 is 1.04 bits per heavy atom. The molecule has 0 radical (unpaired) electrons. The van der Waals surface area contributed by atoms with Crippen molar-refractivity contribution >= 4 is 23.6 Å². The minimum absolute atomic E-state index is 0.0294. The van der Waals surface area contributed by atoms with Crippen LogP contribution in [-0.2, 0) is 14.3 Å². The van der Waals surface area contributed by atoms with Crippen molar-refractivity contribution in [2.45, 2.75) is 20.3 Å². The molecule has 148 valence electrons. The van der Waals surface area contributed by atoms with E-state index < -0.39 is 0 Å². The third-order valence-corrected chi connectivity index (χ3v) is 4.47. The van der Waals surface area contributed by atoms with E-state index in [0.29, 0.717) is 45.1 Å². The van der Waals surface area contributed by atoms with Gasteiger partial charge in [-0.2, -0.15) is 0 Å². The zero-order valence-electron chi connectivity index (χ0n) is 16.1. The van der Waals surface area contributed by atoms with E-state index in [1.807, 2.05) is 0 Å². The molecular weight excluding hydrogens is 350 g/mol. The number of piperazine rings is 1. The molecular formula is C19H27N3O5. The number of hydrogen-bond donors (Lipinski definition) is 0. The maximum Gasteiger partial charge on any atom is 0.409 e. The maximum absolute atomic E-state index is 12.5. The fourth-order valence-electron chi connectivity index (χ4n) is 2.95. The van der Waals surface area contributed by atoms with E-state index in [1.54, 1.807) is 53.0 Å². The quantitative estimate of drug-likeness (QED) is 0.754. The molecule has 0 atom stereocenters. The predicted octanol–water partition coefficient (Wildman–Crippen LogP) is 1.74. The topological polar surface area (TPSA) is 79.4 Å². The van der Waals surface area contributed by atoms with Crippen molar-refractivity contribution < 1.29 is 23.9 Å². The number of hydrogen-bond acceptors (Lipinski definition) is 5. The number of carbonyl (C=O) groups is 3. The van der Waals surface area contributed by atoms with Crippen LogP contribution in [0.1, 0.15) is 20.3 Å². The molecule has 0 aromatic heterocycles. The van der Waals surface area contributed by atoms with Crippen LogP contribution in [0.2, 0.25) is 0 Å². The van der Waals surface area contributed by atoms with Gasteiger partial charge >= 0.3 is 6.09 Å². The Kier molecular flexibility index (Phi) is 7.45.